The summed E-state index contributed by atoms with van der Waals surface area (Å²) in [6.07, 6.45) is 0. The van der Waals surface area contributed by atoms with Crippen LogP contribution in [0.15, 0.2) is 34.4 Å². The molecule has 2 heterocycles. The van der Waals surface area contributed by atoms with Crippen LogP contribution in [0, 0.1) is 0 Å². The number of aromatic nitrogens is 2. The molecular formula is C12H12ClN3S2. The Kier molecular flexibility index (Phi) is 3.00. The molecule has 0 unspecified atom stereocenters. The molecule has 6 heteroatoms. The van der Waals surface area contributed by atoms with E-state index in [1.165, 1.54) is 11.5 Å². The lowest BCUT2D eigenvalue weighted by atomic mass is 10.2. The Morgan fingerprint density at radius 1 is 1.33 bits per heavy atom. The van der Waals surface area contributed by atoms with Crippen molar-refractivity contribution < 1.29 is 0 Å². The number of hydrogen-bond donors (Lipinski definition) is 0. The second kappa shape index (κ2) is 4.40. The lowest BCUT2D eigenvalue weighted by molar-refractivity contribution is 0.555. The van der Waals surface area contributed by atoms with E-state index in [2.05, 4.69) is 27.8 Å². The zero-order chi connectivity index (χ0) is 12.8. The molecule has 18 heavy (non-hydrogen) atoms. The van der Waals surface area contributed by atoms with Gasteiger partial charge in [-0.25, -0.2) is 4.99 Å². The van der Waals surface area contributed by atoms with Crippen LogP contribution in [-0.4, -0.2) is 13.7 Å². The predicted octanol–water partition coefficient (Wildman–Crippen LogP) is 3.71. The summed E-state index contributed by atoms with van der Waals surface area (Å²) in [5, 5.41) is 1.80. The summed E-state index contributed by atoms with van der Waals surface area (Å²) in [5.41, 5.74) is 0.910. The van der Waals surface area contributed by atoms with E-state index in [4.69, 9.17) is 11.6 Å². The summed E-state index contributed by atoms with van der Waals surface area (Å²) in [5.74, 6) is 0. The molecule has 2 aromatic rings. The zero-order valence-corrected chi connectivity index (χ0v) is 12.4. The fourth-order valence-electron chi connectivity index (χ4n) is 1.84. The first-order chi connectivity index (χ1) is 8.53. The number of hydrogen-bond acceptors (Lipinski definition) is 4. The maximum absolute atomic E-state index is 5.86. The second-order valence-electron chi connectivity index (χ2n) is 4.78. The third-order valence-corrected chi connectivity index (χ3v) is 4.91. The fourth-order valence-corrected chi connectivity index (χ4v) is 3.88. The molecule has 0 bridgehead atoms. The van der Waals surface area contributed by atoms with Gasteiger partial charge in [-0.3, -0.25) is 4.57 Å². The van der Waals surface area contributed by atoms with Gasteiger partial charge in [0.2, 0.25) is 4.80 Å². The second-order valence-corrected chi connectivity index (χ2v) is 7.63. The number of nitrogens with zero attached hydrogens (tertiary/aromatic N) is 3. The average molecular weight is 298 g/mol. The van der Waals surface area contributed by atoms with E-state index in [1.807, 2.05) is 36.0 Å². The van der Waals surface area contributed by atoms with Crippen LogP contribution in [0.4, 0.5) is 5.69 Å². The molecule has 0 fully saturated rings. The number of benzene rings is 1. The Morgan fingerprint density at radius 2 is 2.06 bits per heavy atom. The summed E-state index contributed by atoms with van der Waals surface area (Å²) < 4.78 is 6.85. The van der Waals surface area contributed by atoms with E-state index in [1.54, 1.807) is 0 Å². The van der Waals surface area contributed by atoms with E-state index in [9.17, 15) is 0 Å². The molecule has 0 saturated heterocycles. The van der Waals surface area contributed by atoms with Gasteiger partial charge in [0, 0.05) is 27.8 Å². The van der Waals surface area contributed by atoms with Gasteiger partial charge in [0.25, 0.3) is 0 Å². The van der Waals surface area contributed by atoms with E-state index in [-0.39, 0.29) is 4.75 Å². The van der Waals surface area contributed by atoms with Crippen LogP contribution >= 0.6 is 34.9 Å². The van der Waals surface area contributed by atoms with Crippen LogP contribution < -0.4 is 4.80 Å². The van der Waals surface area contributed by atoms with Gasteiger partial charge in [-0.2, -0.15) is 4.37 Å². The van der Waals surface area contributed by atoms with Gasteiger partial charge in [-0.05, 0) is 38.1 Å². The molecule has 1 aliphatic rings. The molecule has 0 spiro atoms. The Hall–Kier alpha value is -0.780. The topological polar surface area (TPSA) is 30.2 Å². The minimum atomic E-state index is 0.209. The summed E-state index contributed by atoms with van der Waals surface area (Å²) in [6, 6.07) is 7.54. The van der Waals surface area contributed by atoms with Crippen molar-refractivity contribution in [1.82, 2.24) is 8.94 Å². The zero-order valence-electron chi connectivity index (χ0n) is 10.1. The molecule has 0 amide bonds. The van der Waals surface area contributed by atoms with Gasteiger partial charge in [0.1, 0.15) is 0 Å². The Bertz CT molecular complexity index is 640. The highest BCUT2D eigenvalue weighted by molar-refractivity contribution is 8.00. The van der Waals surface area contributed by atoms with Gasteiger partial charge in [-0.1, -0.05) is 23.4 Å². The van der Waals surface area contributed by atoms with Crippen molar-refractivity contribution in [3.05, 3.63) is 34.1 Å². The molecule has 1 aromatic heterocycles. The van der Waals surface area contributed by atoms with Crippen molar-refractivity contribution in [3.8, 4) is 0 Å². The molecule has 94 valence electrons. The standard InChI is InChI=1S/C12H12ClN3S2/c1-12(2)7-16-10(18-15-11(16)17-12)14-9-5-3-8(13)4-6-9/h3-6H,7H2,1-2H3/b14-10+. The molecule has 0 atom stereocenters. The van der Waals surface area contributed by atoms with Crippen molar-refractivity contribution in [2.75, 3.05) is 0 Å². The van der Waals surface area contributed by atoms with Gasteiger partial charge in [0.05, 0.1) is 5.69 Å². The van der Waals surface area contributed by atoms with Crippen molar-refractivity contribution >= 4 is 40.6 Å². The average Bonchev–Trinajstić information content (AvgIpc) is 2.79. The molecular weight excluding hydrogens is 286 g/mol. The van der Waals surface area contributed by atoms with E-state index < -0.39 is 0 Å². The summed E-state index contributed by atoms with van der Waals surface area (Å²) in [7, 11) is 0. The SMILES string of the molecule is CC1(C)Cn2c(ns/c2=N/c2ccc(Cl)cc2)S1. The maximum atomic E-state index is 5.86. The summed E-state index contributed by atoms with van der Waals surface area (Å²) in [4.78, 5) is 5.58. The summed E-state index contributed by atoms with van der Waals surface area (Å²) in [6.45, 7) is 5.40. The lowest BCUT2D eigenvalue weighted by Crippen LogP contribution is -2.21. The van der Waals surface area contributed by atoms with Gasteiger partial charge >= 0.3 is 0 Å². The number of thioether (sulfide) groups is 1. The molecule has 0 saturated carbocycles. The highest BCUT2D eigenvalue weighted by atomic mass is 35.5. The smallest absolute Gasteiger partial charge is 0.210 e. The summed E-state index contributed by atoms with van der Waals surface area (Å²) >= 11 is 9.12. The van der Waals surface area contributed by atoms with Gasteiger partial charge in [-0.15, -0.1) is 0 Å². The molecule has 3 rings (SSSR count). The number of rotatable bonds is 1. The minimum Gasteiger partial charge on any atom is -0.293 e. The third-order valence-electron chi connectivity index (χ3n) is 2.63. The van der Waals surface area contributed by atoms with Crippen LogP contribution in [-0.2, 0) is 6.54 Å². The van der Waals surface area contributed by atoms with E-state index in [0.29, 0.717) is 0 Å². The third kappa shape index (κ3) is 2.35. The monoisotopic (exact) mass is 297 g/mol. The van der Waals surface area contributed by atoms with Gasteiger partial charge in [0.15, 0.2) is 5.16 Å². The quantitative estimate of drug-likeness (QED) is 0.803. The van der Waals surface area contributed by atoms with Crippen molar-refractivity contribution in [2.45, 2.75) is 30.3 Å². The van der Waals surface area contributed by atoms with Crippen LogP contribution in [0.3, 0.4) is 0 Å². The number of fused-ring (bicyclic) bond motifs is 1. The largest absolute Gasteiger partial charge is 0.293 e. The lowest BCUT2D eigenvalue weighted by Gasteiger charge is -2.12. The first-order valence-electron chi connectivity index (χ1n) is 5.59. The van der Waals surface area contributed by atoms with Crippen LogP contribution in [0.1, 0.15) is 13.8 Å². The van der Waals surface area contributed by atoms with Crippen LogP contribution in [0.25, 0.3) is 0 Å². The highest BCUT2D eigenvalue weighted by Gasteiger charge is 2.31. The first-order valence-corrected chi connectivity index (χ1v) is 7.56. The molecule has 0 N–H and O–H groups in total. The van der Waals surface area contributed by atoms with E-state index >= 15 is 0 Å². The fraction of sp³-hybridized carbons (Fsp3) is 0.333. The minimum absolute atomic E-state index is 0.209. The predicted molar refractivity (Wildman–Crippen MR) is 76.7 cm³/mol. The molecule has 1 aliphatic heterocycles. The maximum Gasteiger partial charge on any atom is 0.210 e. The van der Waals surface area contributed by atoms with E-state index in [0.717, 1.165) is 27.2 Å². The van der Waals surface area contributed by atoms with Gasteiger partial charge < -0.3 is 0 Å². The normalized spacial score (nSPS) is 18.1. The molecule has 0 radical (unpaired) electrons. The van der Waals surface area contributed by atoms with Crippen LogP contribution in [0.5, 0.6) is 0 Å². The van der Waals surface area contributed by atoms with Crippen molar-refractivity contribution in [2.24, 2.45) is 4.99 Å². The molecule has 1 aromatic carbocycles. The van der Waals surface area contributed by atoms with Crippen LogP contribution in [0.2, 0.25) is 5.02 Å². The van der Waals surface area contributed by atoms with Crippen molar-refractivity contribution in [1.29, 1.82) is 0 Å². The highest BCUT2D eigenvalue weighted by Crippen LogP contribution is 2.38. The molecule has 0 aliphatic carbocycles. The number of halogens is 1. The Labute approximate surface area is 119 Å². The Balaban J connectivity index is 2.02. The Morgan fingerprint density at radius 3 is 2.78 bits per heavy atom. The first kappa shape index (κ1) is 12.3. The molecule has 3 nitrogen and oxygen atoms in total. The van der Waals surface area contributed by atoms with Crippen molar-refractivity contribution in [3.63, 3.8) is 0 Å².